The number of aromatic nitrogens is 3. The Bertz CT molecular complexity index is 2540. The van der Waals surface area contributed by atoms with Gasteiger partial charge in [0.15, 0.2) is 23.3 Å². The van der Waals surface area contributed by atoms with Crippen LogP contribution < -0.4 is 19.3 Å². The van der Waals surface area contributed by atoms with E-state index in [0.29, 0.717) is 66.8 Å². The van der Waals surface area contributed by atoms with Crippen LogP contribution in [0.1, 0.15) is 44.4 Å². The number of ether oxygens (including phenoxy) is 3. The molecule has 0 unspecified atom stereocenters. The van der Waals surface area contributed by atoms with Crippen LogP contribution in [-0.2, 0) is 17.8 Å². The van der Waals surface area contributed by atoms with Gasteiger partial charge >= 0.3 is 6.09 Å². The highest BCUT2D eigenvalue weighted by Gasteiger charge is 2.33. The Morgan fingerprint density at radius 2 is 1.46 bits per heavy atom. The van der Waals surface area contributed by atoms with Gasteiger partial charge in [-0.25, -0.2) is 37.3 Å². The zero-order valence-corrected chi connectivity index (χ0v) is 35.6. The second-order valence-electron chi connectivity index (χ2n) is 15.9. The maximum Gasteiger partial charge on any atom is 0.410 e. The molecule has 1 saturated heterocycles. The number of aryl methyl sites for hydroxylation is 1. The maximum absolute atomic E-state index is 17.5. The first-order valence-electron chi connectivity index (χ1n) is 19.6. The number of anilines is 2. The maximum atomic E-state index is 17.5. The van der Waals surface area contributed by atoms with Crippen molar-refractivity contribution < 1.29 is 36.6 Å². The minimum absolute atomic E-state index is 0.00955. The lowest BCUT2D eigenvalue weighted by atomic mass is 9.93. The van der Waals surface area contributed by atoms with Crippen LogP contribution in [0.15, 0.2) is 79.1 Å². The van der Waals surface area contributed by atoms with Crippen LogP contribution in [0, 0.1) is 30.2 Å². The summed E-state index contributed by atoms with van der Waals surface area (Å²) in [4.78, 5) is 32.3. The number of amides is 1. The molecule has 0 saturated carbocycles. The number of pyridine rings is 1. The molecule has 61 heavy (non-hydrogen) atoms. The molecule has 0 N–H and O–H groups in total. The first-order valence-corrected chi connectivity index (χ1v) is 20.0. The van der Waals surface area contributed by atoms with E-state index in [-0.39, 0.29) is 39.0 Å². The smallest absolute Gasteiger partial charge is 0.410 e. The highest BCUT2D eigenvalue weighted by Crippen LogP contribution is 2.44. The Hall–Kier alpha value is -6.15. The lowest BCUT2D eigenvalue weighted by molar-refractivity contribution is 0.0218. The molecule has 1 aliphatic rings. The molecular formula is C46H45ClF4N6O4. The number of carbonyl (C=O) groups is 1. The lowest BCUT2D eigenvalue weighted by Crippen LogP contribution is -2.54. The van der Waals surface area contributed by atoms with E-state index in [1.54, 1.807) is 52.9 Å². The number of hydrogen-bond acceptors (Lipinski definition) is 9. The summed E-state index contributed by atoms with van der Waals surface area (Å²) in [5.74, 6) is -3.31. The Labute approximate surface area is 356 Å². The van der Waals surface area contributed by atoms with E-state index < -0.39 is 35.0 Å². The van der Waals surface area contributed by atoms with Crippen LogP contribution in [0.5, 0.6) is 11.5 Å². The number of benzene rings is 4. The molecule has 7 rings (SSSR count). The van der Waals surface area contributed by atoms with Gasteiger partial charge in [-0.3, -0.25) is 0 Å². The molecule has 6 aromatic rings. The van der Waals surface area contributed by atoms with Gasteiger partial charge in [-0.05, 0) is 99.8 Å². The molecule has 2 aromatic heterocycles. The van der Waals surface area contributed by atoms with E-state index in [1.165, 1.54) is 12.4 Å². The van der Waals surface area contributed by atoms with Gasteiger partial charge in [0.1, 0.15) is 40.6 Å². The topological polar surface area (TPSA) is 93.2 Å². The third-order valence-electron chi connectivity index (χ3n) is 10.5. The molecule has 0 spiro atoms. The molecule has 3 heterocycles. The van der Waals surface area contributed by atoms with Crippen molar-refractivity contribution >= 4 is 40.2 Å². The quantitative estimate of drug-likeness (QED) is 0.0986. The average Bonchev–Trinajstić information content (AvgIpc) is 3.23. The standard InChI is InChI=1S/C46H45ClF4N6O4/c1-26-20-36(56(23-28-8-12-30(59-6)13-9-28)24-29-10-14-31(60-7)15-11-29)54-43(37(26)32-16-17-35(48)40(50)39(32)49)38-34(47)21-33-42(41(38)51)52-25-53-44(33)57-19-18-55(22-27(57)2)45(58)61-46(3,4)5/h8-17,20-21,25,27H,18-19,22-24H2,1-7H3/t27-/m0/s1. The minimum atomic E-state index is -1.68. The van der Waals surface area contributed by atoms with Crippen LogP contribution in [0.25, 0.3) is 33.3 Å². The van der Waals surface area contributed by atoms with E-state index in [4.69, 9.17) is 30.8 Å². The van der Waals surface area contributed by atoms with Crippen LogP contribution >= 0.6 is 11.6 Å². The van der Waals surface area contributed by atoms with Crippen LogP contribution in [-0.4, -0.2) is 71.4 Å². The second-order valence-corrected chi connectivity index (χ2v) is 16.3. The molecule has 0 aliphatic carbocycles. The molecule has 15 heteroatoms. The lowest BCUT2D eigenvalue weighted by Gasteiger charge is -2.41. The number of halogens is 5. The van der Waals surface area contributed by atoms with Crippen LogP contribution in [0.3, 0.4) is 0 Å². The summed E-state index contributed by atoms with van der Waals surface area (Å²) in [6, 6.07) is 19.9. The summed E-state index contributed by atoms with van der Waals surface area (Å²) in [7, 11) is 3.16. The first kappa shape index (κ1) is 43.0. The van der Waals surface area contributed by atoms with Gasteiger partial charge in [0.2, 0.25) is 0 Å². The van der Waals surface area contributed by atoms with Crippen molar-refractivity contribution in [1.29, 1.82) is 0 Å². The SMILES string of the molecule is COc1ccc(CN(Cc2ccc(OC)cc2)c2cc(C)c(-c3ccc(F)c(F)c3F)c(-c3c(Cl)cc4c(N5CCN(C(=O)OC(C)(C)C)C[C@@H]5C)ncnc4c3F)n2)cc1. The molecule has 10 nitrogen and oxygen atoms in total. The monoisotopic (exact) mass is 856 g/mol. The Kier molecular flexibility index (Phi) is 12.3. The van der Waals surface area contributed by atoms with E-state index in [0.717, 1.165) is 23.3 Å². The van der Waals surface area contributed by atoms with Crippen molar-refractivity contribution in [3.05, 3.63) is 124 Å². The Morgan fingerprint density at radius 3 is 2.03 bits per heavy atom. The van der Waals surface area contributed by atoms with E-state index in [2.05, 4.69) is 9.97 Å². The van der Waals surface area contributed by atoms with Gasteiger partial charge in [0, 0.05) is 55.3 Å². The minimum Gasteiger partial charge on any atom is -0.497 e. The predicted octanol–water partition coefficient (Wildman–Crippen LogP) is 10.5. The van der Waals surface area contributed by atoms with Crippen molar-refractivity contribution in [3.8, 4) is 33.9 Å². The highest BCUT2D eigenvalue weighted by atomic mass is 35.5. The molecule has 1 atom stereocenters. The van der Waals surface area contributed by atoms with Crippen molar-refractivity contribution in [2.24, 2.45) is 0 Å². The Balaban J connectivity index is 1.38. The third-order valence-corrected chi connectivity index (χ3v) is 10.8. The summed E-state index contributed by atoms with van der Waals surface area (Å²) in [6.07, 6.45) is 0.803. The summed E-state index contributed by atoms with van der Waals surface area (Å²) in [5, 5.41) is 0.187. The van der Waals surface area contributed by atoms with Gasteiger partial charge in [-0.1, -0.05) is 35.9 Å². The fourth-order valence-corrected chi connectivity index (χ4v) is 7.79. The highest BCUT2D eigenvalue weighted by molar-refractivity contribution is 6.34. The van der Waals surface area contributed by atoms with Gasteiger partial charge in [-0.15, -0.1) is 0 Å². The largest absolute Gasteiger partial charge is 0.497 e. The van der Waals surface area contributed by atoms with Gasteiger partial charge < -0.3 is 28.9 Å². The summed E-state index contributed by atoms with van der Waals surface area (Å²) < 4.78 is 78.9. The van der Waals surface area contributed by atoms with Crippen molar-refractivity contribution in [3.63, 3.8) is 0 Å². The predicted molar refractivity (Wildman–Crippen MR) is 228 cm³/mol. The van der Waals surface area contributed by atoms with E-state index in [1.807, 2.05) is 65.3 Å². The van der Waals surface area contributed by atoms with Crippen molar-refractivity contribution in [1.82, 2.24) is 19.9 Å². The zero-order valence-electron chi connectivity index (χ0n) is 34.8. The van der Waals surface area contributed by atoms with E-state index in [9.17, 15) is 13.6 Å². The molecule has 1 aliphatic heterocycles. The number of piperazine rings is 1. The number of hydrogen-bond donors (Lipinski definition) is 0. The van der Waals surface area contributed by atoms with Crippen molar-refractivity contribution in [2.45, 2.75) is 59.4 Å². The molecule has 1 amide bonds. The van der Waals surface area contributed by atoms with Crippen LogP contribution in [0.4, 0.5) is 34.0 Å². The van der Waals surface area contributed by atoms with Crippen LogP contribution in [0.2, 0.25) is 5.02 Å². The molecular weight excluding hydrogens is 812 g/mol. The number of fused-ring (bicyclic) bond motifs is 1. The molecule has 4 aromatic carbocycles. The number of methoxy groups -OCH3 is 2. The van der Waals surface area contributed by atoms with Gasteiger partial charge in [0.05, 0.1) is 30.5 Å². The molecule has 0 radical (unpaired) electrons. The van der Waals surface area contributed by atoms with Gasteiger partial charge in [-0.2, -0.15) is 0 Å². The zero-order chi connectivity index (χ0) is 43.7. The molecule has 1 fully saturated rings. The Morgan fingerprint density at radius 1 is 0.836 bits per heavy atom. The van der Waals surface area contributed by atoms with Crippen molar-refractivity contribution in [2.75, 3.05) is 43.7 Å². The normalized spacial score (nSPS) is 14.3. The first-order chi connectivity index (χ1) is 29.1. The number of rotatable bonds is 10. The summed E-state index contributed by atoms with van der Waals surface area (Å²) >= 11 is 7.08. The third kappa shape index (κ3) is 9.00. The summed E-state index contributed by atoms with van der Waals surface area (Å²) in [5.41, 5.74) is 0.751. The summed E-state index contributed by atoms with van der Waals surface area (Å²) in [6.45, 7) is 10.6. The second kappa shape index (κ2) is 17.4. The molecule has 318 valence electrons. The number of nitrogens with zero attached hydrogens (tertiary/aromatic N) is 6. The van der Waals surface area contributed by atoms with E-state index >= 15 is 8.78 Å². The fourth-order valence-electron chi connectivity index (χ4n) is 7.50. The molecule has 0 bridgehead atoms. The number of carbonyl (C=O) groups excluding carboxylic acids is 1. The fraction of sp³-hybridized carbons (Fsp3) is 0.304. The average molecular weight is 857 g/mol. The van der Waals surface area contributed by atoms with Gasteiger partial charge in [0.25, 0.3) is 0 Å².